The van der Waals surface area contributed by atoms with Crippen LogP contribution in [0.2, 0.25) is 10.4 Å². The summed E-state index contributed by atoms with van der Waals surface area (Å²) in [5, 5.41) is 0.768. The fraction of sp³-hybridized carbons (Fsp3) is 0. The molecule has 0 aliphatic rings. The van der Waals surface area contributed by atoms with Crippen molar-refractivity contribution in [3.63, 3.8) is 0 Å². The minimum absolute atomic E-state index is 0.230. The van der Waals surface area contributed by atoms with Gasteiger partial charge in [-0.15, -0.1) is 0 Å². The zero-order valence-corrected chi connectivity index (χ0v) is 6.82. The Morgan fingerprint density at radius 2 is 2.18 bits per heavy atom. The molecule has 0 saturated carbocycles. The van der Waals surface area contributed by atoms with Crippen molar-refractivity contribution in [2.45, 2.75) is 0 Å². The summed E-state index contributed by atoms with van der Waals surface area (Å²) in [7, 11) is 0. The van der Waals surface area contributed by atoms with Crippen molar-refractivity contribution in [1.82, 2.24) is 15.0 Å². The van der Waals surface area contributed by atoms with Crippen LogP contribution in [-0.2, 0) is 0 Å². The monoisotopic (exact) mass is 187 g/mol. The van der Waals surface area contributed by atoms with Crippen LogP contribution in [0.3, 0.4) is 0 Å². The Bertz CT molecular complexity index is 396. The number of hydrogen-bond donors (Lipinski definition) is 1. The summed E-state index contributed by atoms with van der Waals surface area (Å²) < 4.78 is 0. The number of halogens is 2. The molecule has 0 radical (unpaired) electrons. The number of nitrogens with zero attached hydrogens (tertiary/aromatic N) is 2. The molecule has 0 aliphatic heterocycles. The van der Waals surface area contributed by atoms with Crippen LogP contribution >= 0.6 is 23.2 Å². The fourth-order valence-corrected chi connectivity index (χ4v) is 1.21. The quantitative estimate of drug-likeness (QED) is 0.644. The van der Waals surface area contributed by atoms with Gasteiger partial charge in [0.05, 0.1) is 17.2 Å². The maximum atomic E-state index is 5.67. The van der Waals surface area contributed by atoms with Gasteiger partial charge in [0.25, 0.3) is 0 Å². The van der Waals surface area contributed by atoms with Gasteiger partial charge in [0, 0.05) is 6.07 Å². The van der Waals surface area contributed by atoms with Gasteiger partial charge in [-0.05, 0) is 11.6 Å². The first-order valence-electron chi connectivity index (χ1n) is 2.92. The molecular formula is C6H3Cl2N3. The van der Waals surface area contributed by atoms with Crippen molar-refractivity contribution in [2.75, 3.05) is 0 Å². The molecule has 0 bridgehead atoms. The number of aromatic nitrogens is 3. The number of nitrogens with one attached hydrogen (secondary N) is 1. The average Bonchev–Trinajstić information content (AvgIpc) is 2.27. The Morgan fingerprint density at radius 1 is 1.36 bits per heavy atom. The van der Waals surface area contributed by atoms with Crippen LogP contribution in [0, 0.1) is 0 Å². The number of H-pyrrole nitrogens is 1. The highest BCUT2D eigenvalue weighted by molar-refractivity contribution is 6.31. The second-order valence-electron chi connectivity index (χ2n) is 2.06. The van der Waals surface area contributed by atoms with E-state index >= 15 is 0 Å². The van der Waals surface area contributed by atoms with Crippen LogP contribution < -0.4 is 0 Å². The van der Waals surface area contributed by atoms with Gasteiger partial charge in [-0.3, -0.25) is 0 Å². The van der Waals surface area contributed by atoms with Crippen molar-refractivity contribution in [1.29, 1.82) is 0 Å². The van der Waals surface area contributed by atoms with Crippen LogP contribution in [-0.4, -0.2) is 15.0 Å². The molecule has 3 nitrogen and oxygen atoms in total. The first-order valence-corrected chi connectivity index (χ1v) is 3.68. The van der Waals surface area contributed by atoms with Gasteiger partial charge in [0.2, 0.25) is 5.28 Å². The zero-order valence-electron chi connectivity index (χ0n) is 5.31. The maximum Gasteiger partial charge on any atom is 0.223 e. The highest BCUT2D eigenvalue weighted by atomic mass is 35.5. The summed E-state index contributed by atoms with van der Waals surface area (Å²) in [5.74, 6) is 0. The molecule has 11 heavy (non-hydrogen) atoms. The van der Waals surface area contributed by atoms with Crippen molar-refractivity contribution in [3.05, 3.63) is 22.7 Å². The van der Waals surface area contributed by atoms with Crippen molar-refractivity contribution in [3.8, 4) is 0 Å². The Kier molecular flexibility index (Phi) is 1.47. The summed E-state index contributed by atoms with van der Waals surface area (Å²) in [5.41, 5.74) is 1.52. The molecule has 0 aromatic carbocycles. The molecule has 0 amide bonds. The second-order valence-corrected chi connectivity index (χ2v) is 2.80. The minimum atomic E-state index is 0.230. The first kappa shape index (κ1) is 6.88. The van der Waals surface area contributed by atoms with E-state index < -0.39 is 0 Å². The van der Waals surface area contributed by atoms with Gasteiger partial charge in [0.15, 0.2) is 0 Å². The molecule has 0 unspecified atom stereocenters. The molecule has 0 atom stereocenters. The van der Waals surface area contributed by atoms with Crippen molar-refractivity contribution in [2.24, 2.45) is 0 Å². The van der Waals surface area contributed by atoms with Crippen LogP contribution in [0.4, 0.5) is 0 Å². The van der Waals surface area contributed by atoms with Crippen molar-refractivity contribution < 1.29 is 0 Å². The molecule has 2 aromatic heterocycles. The highest BCUT2D eigenvalue weighted by Gasteiger charge is 2.00. The largest absolute Gasteiger partial charge is 0.343 e. The minimum Gasteiger partial charge on any atom is -0.343 e. The summed E-state index contributed by atoms with van der Waals surface area (Å²) in [4.78, 5) is 10.6. The van der Waals surface area contributed by atoms with Gasteiger partial charge in [0.1, 0.15) is 5.15 Å². The Balaban J connectivity index is 2.82. The van der Waals surface area contributed by atoms with Gasteiger partial charge >= 0.3 is 0 Å². The van der Waals surface area contributed by atoms with Gasteiger partial charge < -0.3 is 4.98 Å². The third kappa shape index (κ3) is 1.17. The standard InChI is InChI=1S/C6H3Cl2N3/c7-5-1-3-4(10-5)2-9-6(8)11-3/h1-2,10H. The molecule has 0 aliphatic carbocycles. The van der Waals surface area contributed by atoms with E-state index in [0.29, 0.717) is 5.15 Å². The third-order valence-corrected chi connectivity index (χ3v) is 1.69. The fourth-order valence-electron chi connectivity index (χ4n) is 0.864. The molecule has 2 heterocycles. The predicted octanol–water partition coefficient (Wildman–Crippen LogP) is 2.26. The van der Waals surface area contributed by atoms with Crippen LogP contribution in [0.1, 0.15) is 0 Å². The van der Waals surface area contributed by atoms with E-state index in [1.54, 1.807) is 12.3 Å². The number of fused-ring (bicyclic) bond motifs is 1. The van der Waals surface area contributed by atoms with E-state index in [1.807, 2.05) is 0 Å². The summed E-state index contributed by atoms with van der Waals surface area (Å²) in [6.45, 7) is 0. The Hall–Kier alpha value is -0.800. The molecule has 0 fully saturated rings. The maximum absolute atomic E-state index is 5.67. The first-order chi connectivity index (χ1) is 5.25. The van der Waals surface area contributed by atoms with Crippen molar-refractivity contribution >= 4 is 34.2 Å². The van der Waals surface area contributed by atoms with E-state index in [4.69, 9.17) is 23.2 Å². The molecule has 2 aromatic rings. The SMILES string of the molecule is Clc1ncc2[nH]c(Cl)cc2n1. The topological polar surface area (TPSA) is 41.6 Å². The molecule has 56 valence electrons. The normalized spacial score (nSPS) is 10.7. The molecule has 0 spiro atoms. The molecule has 1 N–H and O–H groups in total. The second kappa shape index (κ2) is 2.36. The van der Waals surface area contributed by atoms with Gasteiger partial charge in [-0.25, -0.2) is 9.97 Å². The Labute approximate surface area is 72.4 Å². The lowest BCUT2D eigenvalue weighted by atomic mass is 10.5. The third-order valence-electron chi connectivity index (χ3n) is 1.31. The van der Waals surface area contributed by atoms with Crippen LogP contribution in [0.15, 0.2) is 12.3 Å². The molecular weight excluding hydrogens is 185 g/mol. The highest BCUT2D eigenvalue weighted by Crippen LogP contribution is 2.16. The van der Waals surface area contributed by atoms with E-state index in [9.17, 15) is 0 Å². The lowest BCUT2D eigenvalue weighted by molar-refractivity contribution is 1.22. The summed E-state index contributed by atoms with van der Waals surface area (Å²) in [6, 6.07) is 1.70. The van der Waals surface area contributed by atoms with Gasteiger partial charge in [-0.1, -0.05) is 11.6 Å². The molecule has 2 rings (SSSR count). The number of rotatable bonds is 0. The molecule has 0 saturated heterocycles. The van der Waals surface area contributed by atoms with E-state index in [1.165, 1.54) is 0 Å². The Morgan fingerprint density at radius 3 is 3.00 bits per heavy atom. The number of hydrogen-bond acceptors (Lipinski definition) is 2. The van der Waals surface area contributed by atoms with E-state index in [-0.39, 0.29) is 5.28 Å². The summed E-state index contributed by atoms with van der Waals surface area (Å²) >= 11 is 11.2. The average molecular weight is 188 g/mol. The van der Waals surface area contributed by atoms with E-state index in [2.05, 4.69) is 15.0 Å². The zero-order chi connectivity index (χ0) is 7.84. The van der Waals surface area contributed by atoms with Crippen LogP contribution in [0.25, 0.3) is 11.0 Å². The lowest BCUT2D eigenvalue weighted by Gasteiger charge is -1.86. The van der Waals surface area contributed by atoms with Crippen LogP contribution in [0.5, 0.6) is 0 Å². The van der Waals surface area contributed by atoms with E-state index in [0.717, 1.165) is 11.0 Å². The predicted molar refractivity (Wildman–Crippen MR) is 43.9 cm³/mol. The molecule has 5 heteroatoms. The lowest BCUT2D eigenvalue weighted by Crippen LogP contribution is -1.79. The smallest absolute Gasteiger partial charge is 0.223 e. The van der Waals surface area contributed by atoms with Gasteiger partial charge in [-0.2, -0.15) is 0 Å². The summed E-state index contributed by atoms with van der Waals surface area (Å²) in [6.07, 6.45) is 1.59. The number of aromatic amines is 1.